The average Bonchev–Trinajstić information content (AvgIpc) is 2.85. The SMILES string of the molecule is CC1C(=O)N(CC(=O)NCc2ccccc2Cl)C(=O)N1c1ccc(F)cc1. The van der Waals surface area contributed by atoms with Crippen molar-refractivity contribution in [3.8, 4) is 0 Å². The zero-order chi connectivity index (χ0) is 19.6. The van der Waals surface area contributed by atoms with E-state index >= 15 is 0 Å². The van der Waals surface area contributed by atoms with Crippen molar-refractivity contribution in [3.63, 3.8) is 0 Å². The van der Waals surface area contributed by atoms with E-state index in [1.165, 1.54) is 29.2 Å². The number of hydrogen-bond donors (Lipinski definition) is 1. The second-order valence-electron chi connectivity index (χ2n) is 6.10. The van der Waals surface area contributed by atoms with E-state index in [0.29, 0.717) is 10.7 Å². The summed E-state index contributed by atoms with van der Waals surface area (Å²) in [6, 6.07) is 10.9. The number of hydrogen-bond acceptors (Lipinski definition) is 3. The van der Waals surface area contributed by atoms with Crippen LogP contribution < -0.4 is 10.2 Å². The number of amides is 4. The van der Waals surface area contributed by atoms with Crippen LogP contribution in [-0.4, -0.2) is 35.3 Å². The second-order valence-corrected chi connectivity index (χ2v) is 6.50. The molecule has 0 aliphatic carbocycles. The van der Waals surface area contributed by atoms with Crippen molar-refractivity contribution in [2.75, 3.05) is 11.4 Å². The average molecular weight is 390 g/mol. The fourth-order valence-corrected chi connectivity index (χ4v) is 3.04. The Kier molecular flexibility index (Phi) is 5.41. The predicted molar refractivity (Wildman–Crippen MR) is 98.7 cm³/mol. The van der Waals surface area contributed by atoms with E-state index in [2.05, 4.69) is 5.32 Å². The summed E-state index contributed by atoms with van der Waals surface area (Å²) < 4.78 is 13.1. The van der Waals surface area contributed by atoms with Gasteiger partial charge in [0.2, 0.25) is 5.91 Å². The number of urea groups is 1. The third-order valence-corrected chi connectivity index (χ3v) is 4.66. The lowest BCUT2D eigenvalue weighted by Gasteiger charge is -2.19. The van der Waals surface area contributed by atoms with Crippen LogP contribution in [0.4, 0.5) is 14.9 Å². The molecule has 27 heavy (non-hydrogen) atoms. The highest BCUT2D eigenvalue weighted by atomic mass is 35.5. The Morgan fingerprint density at radius 1 is 1.15 bits per heavy atom. The Balaban J connectivity index is 1.67. The van der Waals surface area contributed by atoms with Gasteiger partial charge in [-0.1, -0.05) is 29.8 Å². The molecule has 1 fully saturated rings. The van der Waals surface area contributed by atoms with Crippen molar-refractivity contribution in [3.05, 3.63) is 64.9 Å². The molecule has 140 valence electrons. The number of carbonyl (C=O) groups excluding carboxylic acids is 3. The minimum Gasteiger partial charge on any atom is -0.350 e. The van der Waals surface area contributed by atoms with E-state index in [9.17, 15) is 18.8 Å². The van der Waals surface area contributed by atoms with Gasteiger partial charge in [-0.15, -0.1) is 0 Å². The lowest BCUT2D eigenvalue weighted by atomic mass is 10.2. The molecule has 1 aliphatic rings. The largest absolute Gasteiger partial charge is 0.350 e. The summed E-state index contributed by atoms with van der Waals surface area (Å²) in [6.07, 6.45) is 0. The van der Waals surface area contributed by atoms with Gasteiger partial charge in [-0.3, -0.25) is 19.4 Å². The summed E-state index contributed by atoms with van der Waals surface area (Å²) in [6.45, 7) is 1.35. The maximum atomic E-state index is 13.1. The third kappa shape index (κ3) is 3.93. The fraction of sp³-hybridized carbons (Fsp3) is 0.211. The van der Waals surface area contributed by atoms with Gasteiger partial charge in [0.05, 0.1) is 0 Å². The second kappa shape index (κ2) is 7.75. The minimum atomic E-state index is -0.778. The van der Waals surface area contributed by atoms with Gasteiger partial charge >= 0.3 is 6.03 Å². The number of imide groups is 1. The molecule has 2 aromatic carbocycles. The topological polar surface area (TPSA) is 69.7 Å². The molecule has 0 bridgehead atoms. The molecule has 0 saturated carbocycles. The van der Waals surface area contributed by atoms with Crippen LogP contribution in [0.2, 0.25) is 5.02 Å². The molecule has 1 atom stereocenters. The Labute approximate surface area is 160 Å². The molecule has 1 unspecified atom stereocenters. The van der Waals surface area contributed by atoms with Crippen LogP contribution in [0, 0.1) is 5.82 Å². The van der Waals surface area contributed by atoms with Gasteiger partial charge in [0, 0.05) is 17.3 Å². The predicted octanol–water partition coefficient (Wildman–Crippen LogP) is 2.95. The maximum Gasteiger partial charge on any atom is 0.332 e. The number of rotatable bonds is 5. The number of benzene rings is 2. The minimum absolute atomic E-state index is 0.186. The lowest BCUT2D eigenvalue weighted by Crippen LogP contribution is -2.41. The first-order chi connectivity index (χ1) is 12.9. The van der Waals surface area contributed by atoms with Crippen LogP contribution in [0.5, 0.6) is 0 Å². The Morgan fingerprint density at radius 2 is 1.81 bits per heavy atom. The summed E-state index contributed by atoms with van der Waals surface area (Å²) in [5, 5.41) is 3.16. The van der Waals surface area contributed by atoms with E-state index in [1.807, 2.05) is 0 Å². The van der Waals surface area contributed by atoms with Crippen LogP contribution in [-0.2, 0) is 16.1 Å². The zero-order valence-electron chi connectivity index (χ0n) is 14.5. The molecule has 3 rings (SSSR count). The standard InChI is InChI=1S/C19H17ClFN3O3/c1-12-18(26)23(19(27)24(12)15-8-6-14(21)7-9-15)11-17(25)22-10-13-4-2-3-5-16(13)20/h2-9,12H,10-11H2,1H3,(H,22,25). The molecule has 0 spiro atoms. The van der Waals surface area contributed by atoms with Crippen LogP contribution >= 0.6 is 11.6 Å². The van der Waals surface area contributed by atoms with Crippen LogP contribution in [0.1, 0.15) is 12.5 Å². The first-order valence-corrected chi connectivity index (χ1v) is 8.66. The Morgan fingerprint density at radius 3 is 2.48 bits per heavy atom. The van der Waals surface area contributed by atoms with Gasteiger partial charge in [-0.2, -0.15) is 0 Å². The van der Waals surface area contributed by atoms with Crippen LogP contribution in [0.25, 0.3) is 0 Å². The van der Waals surface area contributed by atoms with Gasteiger partial charge in [0.25, 0.3) is 5.91 Å². The molecule has 1 saturated heterocycles. The molecule has 4 amide bonds. The highest BCUT2D eigenvalue weighted by Gasteiger charge is 2.44. The first-order valence-electron chi connectivity index (χ1n) is 8.28. The summed E-state index contributed by atoms with van der Waals surface area (Å²) in [7, 11) is 0. The first kappa shape index (κ1) is 18.8. The molecule has 0 aromatic heterocycles. The summed E-state index contributed by atoms with van der Waals surface area (Å²) in [4.78, 5) is 39.4. The molecule has 0 radical (unpaired) electrons. The van der Waals surface area contributed by atoms with Crippen LogP contribution in [0.3, 0.4) is 0 Å². The molecule has 1 N–H and O–H groups in total. The molecule has 8 heteroatoms. The highest BCUT2D eigenvalue weighted by molar-refractivity contribution is 6.31. The molecular weight excluding hydrogens is 373 g/mol. The number of nitrogens with one attached hydrogen (secondary N) is 1. The lowest BCUT2D eigenvalue weighted by molar-refractivity contribution is -0.131. The summed E-state index contributed by atoms with van der Waals surface area (Å²) in [5.41, 5.74) is 1.12. The smallest absolute Gasteiger partial charge is 0.332 e. The molecule has 1 aliphatic heterocycles. The van der Waals surface area contributed by atoms with Crippen molar-refractivity contribution in [2.24, 2.45) is 0 Å². The number of carbonyl (C=O) groups is 3. The molecular formula is C19H17ClFN3O3. The van der Waals surface area contributed by atoms with Gasteiger partial charge < -0.3 is 5.32 Å². The van der Waals surface area contributed by atoms with Gasteiger partial charge in [-0.05, 0) is 42.8 Å². The summed E-state index contributed by atoms with van der Waals surface area (Å²) in [5.74, 6) is -1.41. The third-order valence-electron chi connectivity index (χ3n) is 4.29. The van der Waals surface area contributed by atoms with E-state index < -0.39 is 36.2 Å². The van der Waals surface area contributed by atoms with Crippen molar-refractivity contribution >= 4 is 35.1 Å². The maximum absolute atomic E-state index is 13.1. The normalized spacial score (nSPS) is 16.8. The van der Waals surface area contributed by atoms with Crippen molar-refractivity contribution in [2.45, 2.75) is 19.5 Å². The Bertz CT molecular complexity index is 888. The van der Waals surface area contributed by atoms with Gasteiger partial charge in [0.15, 0.2) is 0 Å². The fourth-order valence-electron chi connectivity index (χ4n) is 2.84. The molecule has 2 aromatic rings. The quantitative estimate of drug-likeness (QED) is 0.799. The van der Waals surface area contributed by atoms with Gasteiger partial charge in [-0.25, -0.2) is 9.18 Å². The van der Waals surface area contributed by atoms with Crippen molar-refractivity contribution < 1.29 is 18.8 Å². The summed E-state index contributed by atoms with van der Waals surface area (Å²) >= 11 is 6.04. The molecule has 1 heterocycles. The Hall–Kier alpha value is -2.93. The number of nitrogens with zero attached hydrogens (tertiary/aromatic N) is 2. The van der Waals surface area contributed by atoms with E-state index in [1.54, 1.807) is 31.2 Å². The zero-order valence-corrected chi connectivity index (χ0v) is 15.2. The number of anilines is 1. The van der Waals surface area contributed by atoms with Gasteiger partial charge in [0.1, 0.15) is 18.4 Å². The highest BCUT2D eigenvalue weighted by Crippen LogP contribution is 2.25. The number of halogens is 2. The van der Waals surface area contributed by atoms with E-state index in [-0.39, 0.29) is 6.54 Å². The van der Waals surface area contributed by atoms with Crippen molar-refractivity contribution in [1.82, 2.24) is 10.2 Å². The van der Waals surface area contributed by atoms with E-state index in [0.717, 1.165) is 10.5 Å². The molecule has 6 nitrogen and oxygen atoms in total. The van der Waals surface area contributed by atoms with Crippen molar-refractivity contribution in [1.29, 1.82) is 0 Å². The van der Waals surface area contributed by atoms with Crippen LogP contribution in [0.15, 0.2) is 48.5 Å². The monoisotopic (exact) mass is 389 g/mol. The van der Waals surface area contributed by atoms with E-state index in [4.69, 9.17) is 11.6 Å².